The second kappa shape index (κ2) is 6.56. The van der Waals surface area contributed by atoms with E-state index in [0.29, 0.717) is 17.3 Å². The van der Waals surface area contributed by atoms with Crippen molar-refractivity contribution in [1.29, 1.82) is 0 Å². The van der Waals surface area contributed by atoms with Gasteiger partial charge in [0, 0.05) is 35.7 Å². The van der Waals surface area contributed by atoms with Crippen LogP contribution in [0.25, 0.3) is 16.8 Å². The number of rotatable bonds is 3. The van der Waals surface area contributed by atoms with Crippen molar-refractivity contribution in [3.63, 3.8) is 0 Å². The summed E-state index contributed by atoms with van der Waals surface area (Å²) in [5.74, 6) is -2.14. The van der Waals surface area contributed by atoms with E-state index in [1.807, 2.05) is 0 Å². The van der Waals surface area contributed by atoms with Crippen LogP contribution in [0, 0.1) is 11.6 Å². The van der Waals surface area contributed by atoms with Crippen molar-refractivity contribution in [3.8, 4) is 17.0 Å². The highest BCUT2D eigenvalue weighted by Crippen LogP contribution is 2.29. The number of fused-ring (bicyclic) bond motifs is 1. The van der Waals surface area contributed by atoms with E-state index in [1.54, 1.807) is 30.6 Å². The second-order valence-electron chi connectivity index (χ2n) is 5.89. The molecule has 0 radical (unpaired) electrons. The highest BCUT2D eigenvalue weighted by molar-refractivity contribution is 5.68. The number of hydrogen-bond acceptors (Lipinski definition) is 4. The van der Waals surface area contributed by atoms with Crippen LogP contribution in [0.5, 0.6) is 5.88 Å². The zero-order chi connectivity index (χ0) is 19.0. The summed E-state index contributed by atoms with van der Waals surface area (Å²) < 4.78 is 30.3. The Balaban J connectivity index is 2.04. The Kier molecular flexibility index (Phi) is 4.08. The molecule has 0 bridgehead atoms. The van der Waals surface area contributed by atoms with E-state index < -0.39 is 23.1 Å². The SMILES string of the molecule is O=c1c(-c2ccc(F)cc2F)c(O)n(Cc2cncnc2)c2cccc[n+]12. The Morgan fingerprint density at radius 3 is 2.63 bits per heavy atom. The van der Waals surface area contributed by atoms with Crippen LogP contribution in [-0.2, 0) is 6.54 Å². The van der Waals surface area contributed by atoms with Crippen LogP contribution in [0.3, 0.4) is 0 Å². The largest absolute Gasteiger partial charge is 0.477 e. The van der Waals surface area contributed by atoms with Gasteiger partial charge in [0.15, 0.2) is 5.56 Å². The van der Waals surface area contributed by atoms with Gasteiger partial charge in [-0.1, -0.05) is 6.07 Å². The van der Waals surface area contributed by atoms with Gasteiger partial charge < -0.3 is 5.11 Å². The molecule has 3 aromatic heterocycles. The quantitative estimate of drug-likeness (QED) is 0.563. The fourth-order valence-corrected chi connectivity index (χ4v) is 2.96. The number of pyridine rings is 1. The lowest BCUT2D eigenvalue weighted by Crippen LogP contribution is -2.43. The van der Waals surface area contributed by atoms with Gasteiger partial charge in [-0.15, -0.1) is 0 Å². The van der Waals surface area contributed by atoms with Crippen molar-refractivity contribution in [2.24, 2.45) is 0 Å². The third-order valence-electron chi connectivity index (χ3n) is 4.18. The van der Waals surface area contributed by atoms with E-state index in [-0.39, 0.29) is 17.7 Å². The van der Waals surface area contributed by atoms with Crippen molar-refractivity contribution in [2.75, 3.05) is 0 Å². The highest BCUT2D eigenvalue weighted by atomic mass is 19.1. The Bertz CT molecular complexity index is 1210. The molecular weight excluding hydrogens is 354 g/mol. The van der Waals surface area contributed by atoms with E-state index in [4.69, 9.17) is 0 Å². The van der Waals surface area contributed by atoms with E-state index in [9.17, 15) is 18.7 Å². The van der Waals surface area contributed by atoms with Gasteiger partial charge in [0.25, 0.3) is 11.5 Å². The van der Waals surface area contributed by atoms with E-state index in [2.05, 4.69) is 9.97 Å². The average molecular weight is 367 g/mol. The molecule has 1 aromatic carbocycles. The van der Waals surface area contributed by atoms with Crippen molar-refractivity contribution < 1.29 is 18.3 Å². The summed E-state index contributed by atoms with van der Waals surface area (Å²) in [5.41, 5.74) is 0.0142. The number of halogens is 2. The fourth-order valence-electron chi connectivity index (χ4n) is 2.96. The van der Waals surface area contributed by atoms with Gasteiger partial charge in [-0.05, 0) is 18.2 Å². The van der Waals surface area contributed by atoms with Gasteiger partial charge in [0.05, 0.1) is 6.20 Å². The van der Waals surface area contributed by atoms with Crippen molar-refractivity contribution >= 4 is 5.65 Å². The minimum Gasteiger partial charge on any atom is -0.477 e. The first-order chi connectivity index (χ1) is 13.1. The van der Waals surface area contributed by atoms with Crippen LogP contribution in [0.1, 0.15) is 5.56 Å². The number of hydrogen-bond donors (Lipinski definition) is 1. The maximum Gasteiger partial charge on any atom is 0.354 e. The topological polar surface area (TPSA) is 72.1 Å². The zero-order valence-corrected chi connectivity index (χ0v) is 13.9. The van der Waals surface area contributed by atoms with Crippen LogP contribution in [0.4, 0.5) is 8.78 Å². The van der Waals surface area contributed by atoms with E-state index >= 15 is 0 Å². The van der Waals surface area contributed by atoms with Crippen molar-refractivity contribution in [1.82, 2.24) is 14.5 Å². The summed E-state index contributed by atoms with van der Waals surface area (Å²) in [5, 5.41) is 10.8. The van der Waals surface area contributed by atoms with Crippen molar-refractivity contribution in [2.45, 2.75) is 6.54 Å². The molecule has 0 spiro atoms. The summed E-state index contributed by atoms with van der Waals surface area (Å²) in [7, 11) is 0. The van der Waals surface area contributed by atoms with Crippen LogP contribution >= 0.6 is 0 Å². The van der Waals surface area contributed by atoms with Gasteiger partial charge >= 0.3 is 5.56 Å². The lowest BCUT2D eigenvalue weighted by molar-refractivity contribution is -0.532. The molecule has 0 fully saturated rings. The van der Waals surface area contributed by atoms with Gasteiger partial charge in [-0.25, -0.2) is 23.5 Å². The van der Waals surface area contributed by atoms with E-state index in [0.717, 1.165) is 12.1 Å². The molecule has 0 aliphatic rings. The molecule has 4 aromatic rings. The Hall–Kier alpha value is -3.68. The summed E-state index contributed by atoms with van der Waals surface area (Å²) in [6, 6.07) is 7.84. The molecule has 4 rings (SSSR count). The summed E-state index contributed by atoms with van der Waals surface area (Å²) >= 11 is 0. The number of nitrogens with zero attached hydrogens (tertiary/aromatic N) is 4. The van der Waals surface area contributed by atoms with Crippen LogP contribution in [0.2, 0.25) is 0 Å². The van der Waals surface area contributed by atoms with Gasteiger partial charge in [0.1, 0.15) is 24.5 Å². The summed E-state index contributed by atoms with van der Waals surface area (Å²) in [4.78, 5) is 20.8. The predicted octanol–water partition coefficient (Wildman–Crippen LogP) is 2.08. The minimum absolute atomic E-state index is 0.149. The van der Waals surface area contributed by atoms with Crippen molar-refractivity contribution in [3.05, 3.63) is 88.9 Å². The first-order valence-electron chi connectivity index (χ1n) is 8.01. The minimum atomic E-state index is -0.937. The molecule has 27 heavy (non-hydrogen) atoms. The Labute approximate surface area is 151 Å². The predicted molar refractivity (Wildman–Crippen MR) is 92.0 cm³/mol. The maximum absolute atomic E-state index is 14.3. The Morgan fingerprint density at radius 1 is 1.11 bits per heavy atom. The molecule has 1 N–H and O–H groups in total. The molecule has 0 amide bonds. The maximum atomic E-state index is 14.3. The van der Waals surface area contributed by atoms with Crippen LogP contribution < -0.4 is 9.96 Å². The first-order valence-corrected chi connectivity index (χ1v) is 8.01. The van der Waals surface area contributed by atoms with Gasteiger partial charge in [-0.2, -0.15) is 8.97 Å². The number of benzene rings is 1. The number of aromatic nitrogens is 4. The zero-order valence-electron chi connectivity index (χ0n) is 13.9. The molecule has 8 heteroatoms. The second-order valence-corrected chi connectivity index (χ2v) is 5.89. The monoisotopic (exact) mass is 367 g/mol. The molecule has 3 heterocycles. The third kappa shape index (κ3) is 2.91. The average Bonchev–Trinajstić information content (AvgIpc) is 2.68. The smallest absolute Gasteiger partial charge is 0.354 e. The molecule has 134 valence electrons. The summed E-state index contributed by atoms with van der Waals surface area (Å²) in [6.45, 7) is 0.149. The normalized spacial score (nSPS) is 11.0. The first kappa shape index (κ1) is 16.8. The van der Waals surface area contributed by atoms with Crippen LogP contribution in [0.15, 0.2) is 66.1 Å². The molecule has 0 atom stereocenters. The molecule has 0 unspecified atom stereocenters. The molecule has 0 saturated heterocycles. The third-order valence-corrected chi connectivity index (χ3v) is 4.18. The Morgan fingerprint density at radius 2 is 1.89 bits per heavy atom. The lowest BCUT2D eigenvalue weighted by atomic mass is 10.1. The highest BCUT2D eigenvalue weighted by Gasteiger charge is 2.27. The van der Waals surface area contributed by atoms with Crippen LogP contribution in [-0.4, -0.2) is 19.6 Å². The molecule has 0 aliphatic carbocycles. The molecule has 0 aliphatic heterocycles. The molecule has 6 nitrogen and oxygen atoms in total. The molecule has 0 saturated carbocycles. The molecular formula is C19H13F2N4O2+. The number of aromatic hydroxyl groups is 1. The lowest BCUT2D eigenvalue weighted by Gasteiger charge is -2.10. The fraction of sp³-hybridized carbons (Fsp3) is 0.0526. The van der Waals surface area contributed by atoms with Gasteiger partial charge in [-0.3, -0.25) is 0 Å². The standard InChI is InChI=1S/C19H12F2N4O2/c20-13-4-5-14(15(21)7-13)17-18(26)24-6-2-1-3-16(24)25(19(17)27)10-12-8-22-11-23-9-12/h1-9,11H,10H2/p+1. The van der Waals surface area contributed by atoms with E-state index in [1.165, 1.54) is 21.5 Å². The van der Waals surface area contributed by atoms with Gasteiger partial charge in [0.2, 0.25) is 0 Å². The summed E-state index contributed by atoms with van der Waals surface area (Å²) in [6.07, 6.45) is 6.03.